The van der Waals surface area contributed by atoms with E-state index in [-0.39, 0.29) is 46.8 Å². The summed E-state index contributed by atoms with van der Waals surface area (Å²) in [6, 6.07) is 5.62. The number of benzene rings is 1. The maximum absolute atomic E-state index is 14.0. The molecule has 0 saturated heterocycles. The largest absolute Gasteiger partial charge is 0.474 e. The average Bonchev–Trinajstić information content (AvgIpc) is 3.98. The lowest BCUT2D eigenvalue weighted by Crippen LogP contribution is -2.45. The third-order valence-corrected chi connectivity index (χ3v) is 12.2. The van der Waals surface area contributed by atoms with Crippen LogP contribution in [0.4, 0.5) is 0 Å². The number of ether oxygens (including phenoxy) is 2. The zero-order chi connectivity index (χ0) is 38.7. The topological polar surface area (TPSA) is 185 Å². The molecule has 0 saturated carbocycles. The molecule has 3 aliphatic heterocycles. The second kappa shape index (κ2) is 16.8. The minimum Gasteiger partial charge on any atom is -0.474 e. The van der Waals surface area contributed by atoms with E-state index in [2.05, 4.69) is 31.2 Å². The number of fused-ring (bicyclic) bond motifs is 6. The van der Waals surface area contributed by atoms with Gasteiger partial charge < -0.3 is 30.7 Å². The quantitative estimate of drug-likeness (QED) is 0.281. The summed E-state index contributed by atoms with van der Waals surface area (Å²) in [6.45, 7) is 13.3. The van der Waals surface area contributed by atoms with Crippen molar-refractivity contribution in [3.63, 3.8) is 0 Å². The Morgan fingerprint density at radius 2 is 1.17 bits per heavy atom. The van der Waals surface area contributed by atoms with Crippen molar-refractivity contribution < 1.29 is 28.7 Å². The highest BCUT2D eigenvalue weighted by molar-refractivity contribution is 7.10. The molecule has 1 aromatic carbocycles. The summed E-state index contributed by atoms with van der Waals surface area (Å²) in [7, 11) is 0. The Labute approximate surface area is 323 Å². The fourth-order valence-corrected chi connectivity index (χ4v) is 8.17. The predicted octanol–water partition coefficient (Wildman–Crippen LogP) is 4.55. The Hall–Kier alpha value is -4.70. The maximum Gasteiger partial charge on any atom is 0.271 e. The summed E-state index contributed by atoms with van der Waals surface area (Å²) >= 11 is 2.53. The third kappa shape index (κ3) is 8.49. The molecular weight excluding hydrogens is 729 g/mol. The van der Waals surface area contributed by atoms with Crippen LogP contribution in [0.2, 0.25) is 0 Å². The van der Waals surface area contributed by atoms with Gasteiger partial charge in [0.1, 0.15) is 45.7 Å². The molecule has 16 heteroatoms. The van der Waals surface area contributed by atoms with Crippen LogP contribution < -0.4 is 21.3 Å². The summed E-state index contributed by atoms with van der Waals surface area (Å²) in [4.78, 5) is 73.7. The molecule has 14 nitrogen and oxygen atoms in total. The normalized spacial score (nSPS) is 28.9. The van der Waals surface area contributed by atoms with E-state index in [0.29, 0.717) is 29.3 Å². The summed E-state index contributed by atoms with van der Waals surface area (Å²) in [6.07, 6.45) is 0.630. The van der Waals surface area contributed by atoms with E-state index in [4.69, 9.17) is 19.5 Å². The van der Waals surface area contributed by atoms with Crippen molar-refractivity contribution in [2.45, 2.75) is 116 Å². The lowest BCUT2D eigenvalue weighted by atomic mass is 9.98. The van der Waals surface area contributed by atoms with Crippen LogP contribution in [0.5, 0.6) is 0 Å². The third-order valence-electron chi connectivity index (χ3n) is 10.2. The van der Waals surface area contributed by atoms with Crippen LogP contribution in [0, 0.1) is 11.8 Å². The second-order valence-electron chi connectivity index (χ2n) is 14.3. The fourth-order valence-electron chi connectivity index (χ4n) is 6.51. The average molecular weight is 777 g/mol. The molecule has 3 aromatic rings. The molecule has 0 spiro atoms. The van der Waals surface area contributed by atoms with Crippen molar-refractivity contribution in [3.8, 4) is 0 Å². The van der Waals surface area contributed by atoms with Gasteiger partial charge in [-0.1, -0.05) is 70.9 Å². The van der Waals surface area contributed by atoms with Crippen LogP contribution in [-0.4, -0.2) is 81.8 Å². The number of thiazole rings is 2. The van der Waals surface area contributed by atoms with E-state index in [9.17, 15) is 19.2 Å². The molecule has 0 fully saturated rings. The van der Waals surface area contributed by atoms with Gasteiger partial charge in [-0.05, 0) is 44.6 Å². The standard InChI is InChI=1S/C38H48N8O6S2/c1-8-18(3)27-35-45-29(21(6)51-35)33(49)39-20(5)37-41-25(16-53-37)31(47)43-28(19(4)9-2)36-46-30(22(7)52-36)34(50)40-24(15-23-13-11-10-12-14-23)38-42-26(17-54-38)32(48)44-27/h10-14,16-22,24,27-30H,8-9,15H2,1-7H3,(H,39,49)(H,40,50)(H,43,47)(H,44,48)/t18?,19?,20-,21-,22-,24-,27+,28+,29+,30?/m1/s1. The second-order valence-corrected chi connectivity index (χ2v) is 16.0. The Morgan fingerprint density at radius 3 is 1.69 bits per heavy atom. The highest BCUT2D eigenvalue weighted by Gasteiger charge is 2.41. The molecule has 0 radical (unpaired) electrons. The molecule has 3 unspecified atom stereocenters. The predicted molar refractivity (Wildman–Crippen MR) is 207 cm³/mol. The Balaban J connectivity index is 1.38. The zero-order valence-electron chi connectivity index (χ0n) is 31.5. The molecule has 6 rings (SSSR count). The summed E-state index contributed by atoms with van der Waals surface area (Å²) < 4.78 is 12.3. The van der Waals surface area contributed by atoms with Gasteiger partial charge in [0, 0.05) is 10.8 Å². The highest BCUT2D eigenvalue weighted by Crippen LogP contribution is 2.28. The number of hydrogen-bond acceptors (Lipinski definition) is 12. The molecule has 0 aliphatic carbocycles. The van der Waals surface area contributed by atoms with Gasteiger partial charge in [0.05, 0.1) is 12.1 Å². The van der Waals surface area contributed by atoms with Gasteiger partial charge in [-0.25, -0.2) is 20.0 Å². The van der Waals surface area contributed by atoms with Crippen LogP contribution in [-0.2, 0) is 25.5 Å². The number of nitrogens with zero attached hydrogens (tertiary/aromatic N) is 4. The Bertz CT molecular complexity index is 1910. The minimum absolute atomic E-state index is 0.0803. The van der Waals surface area contributed by atoms with E-state index in [1.807, 2.05) is 58.0 Å². The van der Waals surface area contributed by atoms with E-state index >= 15 is 0 Å². The lowest BCUT2D eigenvalue weighted by Gasteiger charge is -2.24. The van der Waals surface area contributed by atoms with Crippen LogP contribution in [0.25, 0.3) is 0 Å². The SMILES string of the molecule is CCC(C)[C@@H]1NC(=O)c2csc(n2)[C@@H](C)NC(=O)[C@H]2N=C(O[C@@H]2C)[C@H](C(C)CC)NC(=O)c2csc(n2)[C@@H](Cc2ccccc2)NC(=O)C2N=C1O[C@@H]2C. The van der Waals surface area contributed by atoms with Gasteiger partial charge in [-0.3, -0.25) is 19.2 Å². The molecule has 8 bridgehead atoms. The zero-order valence-corrected chi connectivity index (χ0v) is 33.1. The molecule has 3 aliphatic rings. The monoisotopic (exact) mass is 776 g/mol. The number of rotatable bonds is 6. The summed E-state index contributed by atoms with van der Waals surface area (Å²) in [5.74, 6) is -1.18. The minimum atomic E-state index is -0.889. The molecule has 4 N–H and O–H groups in total. The van der Waals surface area contributed by atoms with E-state index in [1.165, 1.54) is 22.7 Å². The van der Waals surface area contributed by atoms with Gasteiger partial charge >= 0.3 is 0 Å². The summed E-state index contributed by atoms with van der Waals surface area (Å²) in [5, 5.41) is 16.6. The first-order valence-electron chi connectivity index (χ1n) is 18.5. The number of carbonyl (C=O) groups excluding carboxylic acids is 4. The molecule has 5 heterocycles. The number of aromatic nitrogens is 2. The smallest absolute Gasteiger partial charge is 0.271 e. The Morgan fingerprint density at radius 1 is 0.685 bits per heavy atom. The van der Waals surface area contributed by atoms with Gasteiger partial charge in [0.25, 0.3) is 11.8 Å². The fraction of sp³-hybridized carbons (Fsp3) is 0.526. The first-order valence-corrected chi connectivity index (χ1v) is 20.3. The highest BCUT2D eigenvalue weighted by atomic mass is 32.1. The van der Waals surface area contributed by atoms with Crippen LogP contribution >= 0.6 is 22.7 Å². The van der Waals surface area contributed by atoms with Crippen LogP contribution in [0.15, 0.2) is 51.1 Å². The number of hydrogen-bond donors (Lipinski definition) is 4. The van der Waals surface area contributed by atoms with Gasteiger partial charge in [-0.15, -0.1) is 22.7 Å². The number of carbonyl (C=O) groups is 4. The van der Waals surface area contributed by atoms with Crippen LogP contribution in [0.3, 0.4) is 0 Å². The molecule has 4 amide bonds. The maximum atomic E-state index is 14.0. The number of nitrogens with one attached hydrogen (secondary N) is 4. The van der Waals surface area contributed by atoms with Crippen LogP contribution in [0.1, 0.15) is 110 Å². The van der Waals surface area contributed by atoms with Gasteiger partial charge in [0.15, 0.2) is 12.1 Å². The molecule has 54 heavy (non-hydrogen) atoms. The van der Waals surface area contributed by atoms with E-state index in [1.54, 1.807) is 31.5 Å². The molecule has 288 valence electrons. The van der Waals surface area contributed by atoms with Crippen molar-refractivity contribution >= 4 is 58.1 Å². The van der Waals surface area contributed by atoms with Crippen molar-refractivity contribution in [1.29, 1.82) is 0 Å². The van der Waals surface area contributed by atoms with Crippen molar-refractivity contribution in [1.82, 2.24) is 31.2 Å². The van der Waals surface area contributed by atoms with E-state index < -0.39 is 60.3 Å². The molecule has 10 atom stereocenters. The van der Waals surface area contributed by atoms with Crippen molar-refractivity contribution in [2.75, 3.05) is 0 Å². The molecule has 2 aromatic heterocycles. The number of amides is 4. The first-order chi connectivity index (χ1) is 25.9. The molecular formula is C38H48N8O6S2. The number of aliphatic imine (C=N–C) groups is 2. The summed E-state index contributed by atoms with van der Waals surface area (Å²) in [5.41, 5.74) is 1.35. The van der Waals surface area contributed by atoms with Crippen molar-refractivity contribution in [3.05, 3.63) is 68.1 Å². The lowest BCUT2D eigenvalue weighted by molar-refractivity contribution is -0.125. The Kier molecular flexibility index (Phi) is 12.1. The first kappa shape index (κ1) is 39.0. The van der Waals surface area contributed by atoms with E-state index in [0.717, 1.165) is 5.56 Å². The van der Waals surface area contributed by atoms with Gasteiger partial charge in [0.2, 0.25) is 23.6 Å². The van der Waals surface area contributed by atoms with Gasteiger partial charge in [-0.2, -0.15) is 0 Å². The van der Waals surface area contributed by atoms with Crippen molar-refractivity contribution in [2.24, 2.45) is 21.8 Å².